The molecule has 1 radical (unpaired) electrons. The first-order chi connectivity index (χ1) is 4.97. The number of ether oxygens (including phenoxy) is 1. The number of hydrogen-bond acceptors (Lipinski definition) is 2. The van der Waals surface area contributed by atoms with E-state index in [1.54, 1.807) is 0 Å². The van der Waals surface area contributed by atoms with Crippen molar-refractivity contribution in [2.45, 2.75) is 12.1 Å². The van der Waals surface area contributed by atoms with Gasteiger partial charge in [-0.3, -0.25) is 0 Å². The Labute approximate surface area is 60.6 Å². The van der Waals surface area contributed by atoms with Gasteiger partial charge in [0.2, 0.25) is 0 Å². The Morgan fingerprint density at radius 2 is 2.60 bits per heavy atom. The van der Waals surface area contributed by atoms with Gasteiger partial charge in [0.15, 0.2) is 0 Å². The summed E-state index contributed by atoms with van der Waals surface area (Å²) >= 11 is 0. The summed E-state index contributed by atoms with van der Waals surface area (Å²) in [4.78, 5) is 0. The highest BCUT2D eigenvalue weighted by Crippen LogP contribution is 2.10. The van der Waals surface area contributed by atoms with Crippen LogP contribution >= 0.6 is 0 Å². The number of hydrogen-bond donors (Lipinski definition) is 1. The van der Waals surface area contributed by atoms with E-state index in [2.05, 4.69) is 11.4 Å². The van der Waals surface area contributed by atoms with Crippen LogP contribution in [-0.2, 0) is 4.74 Å². The molecule has 1 aliphatic heterocycles. The second-order valence-corrected chi connectivity index (χ2v) is 2.51. The highest BCUT2D eigenvalue weighted by atomic mass is 16.5. The van der Waals surface area contributed by atoms with Crippen molar-refractivity contribution < 1.29 is 4.74 Å². The van der Waals surface area contributed by atoms with Crippen molar-refractivity contribution >= 4 is 0 Å². The van der Waals surface area contributed by atoms with Crippen LogP contribution in [0.3, 0.4) is 0 Å². The minimum atomic E-state index is 0.245. The fourth-order valence-corrected chi connectivity index (χ4v) is 1.28. The van der Waals surface area contributed by atoms with Crippen LogP contribution in [0.15, 0.2) is 18.2 Å². The maximum atomic E-state index is 5.46. The SMILES string of the molecule is [C]1=CC2NCCOC2C=C1. The lowest BCUT2D eigenvalue weighted by Gasteiger charge is -2.29. The summed E-state index contributed by atoms with van der Waals surface area (Å²) in [5.41, 5.74) is 0. The summed E-state index contributed by atoms with van der Waals surface area (Å²) < 4.78 is 5.46. The quantitative estimate of drug-likeness (QED) is 0.516. The van der Waals surface area contributed by atoms with Gasteiger partial charge in [-0.05, 0) is 6.08 Å². The minimum Gasteiger partial charge on any atom is -0.371 e. The second kappa shape index (κ2) is 2.56. The van der Waals surface area contributed by atoms with E-state index in [0.29, 0.717) is 6.04 Å². The number of allylic oxidation sites excluding steroid dienone is 2. The molecule has 2 aliphatic rings. The maximum Gasteiger partial charge on any atom is 0.0948 e. The van der Waals surface area contributed by atoms with E-state index >= 15 is 0 Å². The van der Waals surface area contributed by atoms with Crippen molar-refractivity contribution in [1.29, 1.82) is 0 Å². The third-order valence-electron chi connectivity index (χ3n) is 1.80. The van der Waals surface area contributed by atoms with Crippen molar-refractivity contribution in [3.8, 4) is 0 Å². The van der Waals surface area contributed by atoms with Gasteiger partial charge in [0.1, 0.15) is 0 Å². The fraction of sp³-hybridized carbons (Fsp3) is 0.500. The predicted octanol–water partition coefficient (Wildman–Crippen LogP) is 0.273. The molecule has 1 saturated heterocycles. The van der Waals surface area contributed by atoms with Gasteiger partial charge < -0.3 is 10.1 Å². The Balaban J connectivity index is 2.09. The molecule has 2 atom stereocenters. The van der Waals surface area contributed by atoms with E-state index in [4.69, 9.17) is 4.74 Å². The molecule has 2 nitrogen and oxygen atoms in total. The summed E-state index contributed by atoms with van der Waals surface area (Å²) in [6, 6.07) is 0.360. The van der Waals surface area contributed by atoms with E-state index in [-0.39, 0.29) is 6.10 Å². The van der Waals surface area contributed by atoms with Crippen LogP contribution in [0.5, 0.6) is 0 Å². The lowest BCUT2D eigenvalue weighted by Crippen LogP contribution is -2.46. The molecule has 53 valence electrons. The fourth-order valence-electron chi connectivity index (χ4n) is 1.28. The monoisotopic (exact) mass is 136 g/mol. The average molecular weight is 136 g/mol. The number of fused-ring (bicyclic) bond motifs is 1. The molecule has 1 N–H and O–H groups in total. The Morgan fingerprint density at radius 1 is 1.60 bits per heavy atom. The highest BCUT2D eigenvalue weighted by Gasteiger charge is 2.21. The van der Waals surface area contributed by atoms with Gasteiger partial charge in [-0.2, -0.15) is 0 Å². The second-order valence-electron chi connectivity index (χ2n) is 2.51. The van der Waals surface area contributed by atoms with E-state index in [0.717, 1.165) is 13.2 Å². The first-order valence-electron chi connectivity index (χ1n) is 3.58. The molecule has 2 rings (SSSR count). The summed E-state index contributed by atoms with van der Waals surface area (Å²) in [6.07, 6.45) is 9.25. The molecular weight excluding hydrogens is 126 g/mol. The molecule has 0 bridgehead atoms. The summed E-state index contributed by atoms with van der Waals surface area (Å²) in [6.45, 7) is 1.77. The van der Waals surface area contributed by atoms with Gasteiger partial charge in [0.25, 0.3) is 0 Å². The molecule has 0 aromatic carbocycles. The molecular formula is C8H10NO. The molecule has 1 aliphatic carbocycles. The van der Waals surface area contributed by atoms with Gasteiger partial charge in [-0.15, -0.1) is 0 Å². The minimum absolute atomic E-state index is 0.245. The lowest BCUT2D eigenvalue weighted by atomic mass is 10.0. The van der Waals surface area contributed by atoms with Gasteiger partial charge in [-0.1, -0.05) is 18.2 Å². The van der Waals surface area contributed by atoms with E-state index < -0.39 is 0 Å². The van der Waals surface area contributed by atoms with Gasteiger partial charge >= 0.3 is 0 Å². The summed E-state index contributed by atoms with van der Waals surface area (Å²) in [5.74, 6) is 0. The molecule has 0 aromatic heterocycles. The number of morpholine rings is 1. The van der Waals surface area contributed by atoms with Crippen LogP contribution in [0, 0.1) is 6.08 Å². The van der Waals surface area contributed by atoms with Crippen molar-refractivity contribution in [3.63, 3.8) is 0 Å². The Hall–Kier alpha value is -0.600. The zero-order valence-corrected chi connectivity index (χ0v) is 5.71. The smallest absolute Gasteiger partial charge is 0.0948 e. The van der Waals surface area contributed by atoms with Crippen molar-refractivity contribution in [1.82, 2.24) is 5.32 Å². The average Bonchev–Trinajstić information content (AvgIpc) is 2.05. The Morgan fingerprint density at radius 3 is 3.50 bits per heavy atom. The van der Waals surface area contributed by atoms with Crippen molar-refractivity contribution in [3.05, 3.63) is 24.3 Å². The van der Waals surface area contributed by atoms with Gasteiger partial charge in [0.05, 0.1) is 18.8 Å². The molecule has 2 heteroatoms. The topological polar surface area (TPSA) is 21.3 Å². The van der Waals surface area contributed by atoms with Crippen LogP contribution in [0.1, 0.15) is 0 Å². The van der Waals surface area contributed by atoms with Crippen LogP contribution in [0.4, 0.5) is 0 Å². The zero-order valence-electron chi connectivity index (χ0n) is 5.71. The van der Waals surface area contributed by atoms with E-state index in [1.165, 1.54) is 0 Å². The molecule has 1 fully saturated rings. The zero-order chi connectivity index (χ0) is 6.81. The third-order valence-corrected chi connectivity index (χ3v) is 1.80. The van der Waals surface area contributed by atoms with Crippen molar-refractivity contribution in [2.24, 2.45) is 0 Å². The normalized spacial score (nSPS) is 37.6. The standard InChI is InChI=1S/C8H10NO/c1-2-4-8-7(3-1)9-5-6-10-8/h2-4,7-9H,5-6H2. The van der Waals surface area contributed by atoms with Crippen LogP contribution in [-0.4, -0.2) is 25.3 Å². The van der Waals surface area contributed by atoms with Gasteiger partial charge in [0, 0.05) is 6.54 Å². The molecule has 2 unspecified atom stereocenters. The van der Waals surface area contributed by atoms with E-state index in [9.17, 15) is 0 Å². The maximum absolute atomic E-state index is 5.46. The summed E-state index contributed by atoms with van der Waals surface area (Å²) in [5, 5.41) is 3.33. The Kier molecular flexibility index (Phi) is 1.57. The molecule has 0 saturated carbocycles. The summed E-state index contributed by atoms with van der Waals surface area (Å²) in [7, 11) is 0. The Bertz CT molecular complexity index is 154. The number of nitrogens with one attached hydrogen (secondary N) is 1. The largest absolute Gasteiger partial charge is 0.371 e. The molecule has 10 heavy (non-hydrogen) atoms. The first-order valence-corrected chi connectivity index (χ1v) is 3.58. The van der Waals surface area contributed by atoms with Crippen LogP contribution in [0.25, 0.3) is 0 Å². The van der Waals surface area contributed by atoms with E-state index in [1.807, 2.05) is 18.2 Å². The van der Waals surface area contributed by atoms with Crippen LogP contribution < -0.4 is 5.32 Å². The number of rotatable bonds is 0. The first kappa shape index (κ1) is 6.13. The van der Waals surface area contributed by atoms with Crippen molar-refractivity contribution in [2.75, 3.05) is 13.2 Å². The molecule has 1 heterocycles. The third kappa shape index (κ3) is 1.00. The predicted molar refractivity (Wildman–Crippen MR) is 38.5 cm³/mol. The molecule has 0 spiro atoms. The van der Waals surface area contributed by atoms with Gasteiger partial charge in [-0.25, -0.2) is 0 Å². The lowest BCUT2D eigenvalue weighted by molar-refractivity contribution is 0.0383. The molecule has 0 aromatic rings. The molecule has 0 amide bonds. The van der Waals surface area contributed by atoms with Crippen LogP contribution in [0.2, 0.25) is 0 Å². The highest BCUT2D eigenvalue weighted by molar-refractivity contribution is 5.14.